The molecule has 1 aliphatic heterocycles. The highest BCUT2D eigenvalue weighted by Crippen LogP contribution is 2.45. The lowest BCUT2D eigenvalue weighted by molar-refractivity contribution is 0.120. The van der Waals surface area contributed by atoms with E-state index in [4.69, 9.17) is 0 Å². The molecule has 1 spiro atoms. The zero-order valence-electron chi connectivity index (χ0n) is 18.0. The van der Waals surface area contributed by atoms with Gasteiger partial charge in [-0.05, 0) is 76.2 Å². The highest BCUT2D eigenvalue weighted by molar-refractivity contribution is 7.90. The van der Waals surface area contributed by atoms with Crippen molar-refractivity contribution in [3.63, 3.8) is 0 Å². The number of benzene rings is 2. The van der Waals surface area contributed by atoms with E-state index in [0.717, 1.165) is 45.3 Å². The molecular weight excluding hydrogens is 376 g/mol. The standard InChI is InChI=1S/C25H34N2OS/c1-24(2,3)29(28)26-23-14-13-21-11-7-8-12-22(21)25(23)15-17-27(18-16-25)19-20-9-5-4-6-10-20/h4-12,23,26H,13-19H2,1-3H3/t23-,29?/m1/s1. The molecule has 4 heteroatoms. The van der Waals surface area contributed by atoms with E-state index in [0.29, 0.717) is 0 Å². The summed E-state index contributed by atoms with van der Waals surface area (Å²) in [7, 11) is 0. The van der Waals surface area contributed by atoms with Gasteiger partial charge in [-0.3, -0.25) is 4.90 Å². The topological polar surface area (TPSA) is 38.3 Å². The number of hydrogen-bond acceptors (Lipinski definition) is 3. The number of aryl methyl sites for hydroxylation is 1. The third-order valence-corrected chi connectivity index (χ3v) is 8.34. The van der Waals surface area contributed by atoms with Crippen molar-refractivity contribution in [2.75, 3.05) is 13.1 Å². The molecule has 1 unspecified atom stereocenters. The molecule has 0 radical (unpaired) electrons. The molecule has 2 atom stereocenters. The Hall–Kier alpha value is -1.33. The summed E-state index contributed by atoms with van der Waals surface area (Å²) in [5.74, 6) is 0. The lowest BCUT2D eigenvalue weighted by Gasteiger charge is -2.50. The van der Waals surface area contributed by atoms with E-state index < -0.39 is 11.4 Å². The maximum atomic E-state index is 13.0. The van der Waals surface area contributed by atoms with Crippen molar-refractivity contribution in [3.05, 3.63) is 71.3 Å². The van der Waals surface area contributed by atoms with E-state index in [1.54, 1.807) is 0 Å². The molecule has 4 rings (SSSR count). The molecule has 2 aromatic carbocycles. The first-order valence-electron chi connectivity index (χ1n) is 10.9. The van der Waals surface area contributed by atoms with Crippen molar-refractivity contribution in [1.29, 1.82) is 0 Å². The van der Waals surface area contributed by atoms with Gasteiger partial charge in [-0.1, -0.05) is 54.6 Å². The highest BCUT2D eigenvalue weighted by atomic mass is 32.2. The van der Waals surface area contributed by atoms with Crippen LogP contribution in [-0.4, -0.2) is 33.3 Å². The van der Waals surface area contributed by atoms with Crippen LogP contribution >= 0.6 is 0 Å². The number of rotatable bonds is 4. The second kappa shape index (κ2) is 8.43. The largest absolute Gasteiger partial charge is 0.598 e. The summed E-state index contributed by atoms with van der Waals surface area (Å²) >= 11 is -1.04. The normalized spacial score (nSPS) is 23.0. The summed E-state index contributed by atoms with van der Waals surface area (Å²) in [6.45, 7) is 9.36. The van der Waals surface area contributed by atoms with Crippen molar-refractivity contribution >= 4 is 11.4 Å². The highest BCUT2D eigenvalue weighted by Gasteiger charge is 2.48. The monoisotopic (exact) mass is 410 g/mol. The van der Waals surface area contributed by atoms with Crippen LogP contribution in [0.2, 0.25) is 0 Å². The Balaban J connectivity index is 1.56. The first-order valence-corrected chi connectivity index (χ1v) is 12.1. The Morgan fingerprint density at radius 1 is 1.03 bits per heavy atom. The van der Waals surface area contributed by atoms with Gasteiger partial charge >= 0.3 is 0 Å². The Morgan fingerprint density at radius 3 is 2.38 bits per heavy atom. The minimum atomic E-state index is -1.04. The Morgan fingerprint density at radius 2 is 1.69 bits per heavy atom. The van der Waals surface area contributed by atoms with Gasteiger partial charge in [0.25, 0.3) is 0 Å². The van der Waals surface area contributed by atoms with E-state index in [9.17, 15) is 4.55 Å². The molecule has 0 amide bonds. The van der Waals surface area contributed by atoms with Crippen LogP contribution in [0, 0.1) is 0 Å². The van der Waals surface area contributed by atoms with Crippen molar-refractivity contribution in [2.24, 2.45) is 0 Å². The summed E-state index contributed by atoms with van der Waals surface area (Å²) in [6.07, 6.45) is 4.38. The average Bonchev–Trinajstić information content (AvgIpc) is 2.72. The van der Waals surface area contributed by atoms with E-state index in [1.807, 2.05) is 0 Å². The third kappa shape index (κ3) is 4.41. The Labute approximate surface area is 179 Å². The maximum absolute atomic E-state index is 13.0. The molecule has 1 aliphatic carbocycles. The molecule has 1 fully saturated rings. The smallest absolute Gasteiger partial charge is 0.136 e. The number of fused-ring (bicyclic) bond motifs is 2. The molecule has 1 N–H and O–H groups in total. The summed E-state index contributed by atoms with van der Waals surface area (Å²) in [5, 5.41) is 0. The van der Waals surface area contributed by atoms with E-state index >= 15 is 0 Å². The molecule has 0 saturated carbocycles. The van der Waals surface area contributed by atoms with Crippen LogP contribution in [-0.2, 0) is 29.7 Å². The predicted molar refractivity (Wildman–Crippen MR) is 122 cm³/mol. The number of likely N-dealkylation sites (tertiary alicyclic amines) is 1. The molecular formula is C25H34N2OS. The molecule has 0 aromatic heterocycles. The maximum Gasteiger partial charge on any atom is 0.136 e. The summed E-state index contributed by atoms with van der Waals surface area (Å²) < 4.78 is 16.3. The molecule has 29 heavy (non-hydrogen) atoms. The fourth-order valence-electron chi connectivity index (χ4n) is 5.04. The summed E-state index contributed by atoms with van der Waals surface area (Å²) in [6, 6.07) is 20.0. The van der Waals surface area contributed by atoms with E-state index in [1.165, 1.54) is 16.7 Å². The van der Waals surface area contributed by atoms with Crippen molar-refractivity contribution in [2.45, 2.75) is 69.2 Å². The van der Waals surface area contributed by atoms with Crippen LogP contribution in [0.5, 0.6) is 0 Å². The quantitative estimate of drug-likeness (QED) is 0.750. The van der Waals surface area contributed by atoms with Gasteiger partial charge in [-0.15, -0.1) is 4.72 Å². The van der Waals surface area contributed by atoms with Crippen molar-refractivity contribution in [1.82, 2.24) is 9.62 Å². The number of nitrogens with one attached hydrogen (secondary N) is 1. The Bertz CT molecular complexity index is 809. The van der Waals surface area contributed by atoms with Gasteiger partial charge in [0.2, 0.25) is 0 Å². The van der Waals surface area contributed by atoms with Crippen LogP contribution < -0.4 is 4.72 Å². The first kappa shape index (κ1) is 20.9. The minimum Gasteiger partial charge on any atom is -0.598 e. The zero-order chi connectivity index (χ0) is 20.5. The summed E-state index contributed by atoms with van der Waals surface area (Å²) in [4.78, 5) is 2.58. The molecule has 3 nitrogen and oxygen atoms in total. The third-order valence-electron chi connectivity index (χ3n) is 6.73. The number of hydrogen-bond donors (Lipinski definition) is 1. The number of nitrogens with zero attached hydrogens (tertiary/aromatic N) is 1. The van der Waals surface area contributed by atoms with Gasteiger partial charge in [0.05, 0.1) is 6.04 Å². The molecule has 156 valence electrons. The molecule has 2 aliphatic rings. The fraction of sp³-hybridized carbons (Fsp3) is 0.520. The molecule has 1 saturated heterocycles. The lowest BCUT2D eigenvalue weighted by Crippen LogP contribution is -2.59. The SMILES string of the molecule is CC(C)(C)[S+]([O-])N[C@@H]1CCc2ccccc2C12CCN(Cc1ccccc1)CC2. The average molecular weight is 411 g/mol. The second-order valence-electron chi connectivity index (χ2n) is 9.67. The number of piperidine rings is 1. The van der Waals surface area contributed by atoms with Gasteiger partial charge in [0.15, 0.2) is 0 Å². The van der Waals surface area contributed by atoms with Gasteiger partial charge in [-0.25, -0.2) is 0 Å². The molecule has 2 aromatic rings. The second-order valence-corrected chi connectivity index (χ2v) is 11.7. The van der Waals surface area contributed by atoms with E-state index in [2.05, 4.69) is 85.0 Å². The van der Waals surface area contributed by atoms with Gasteiger partial charge < -0.3 is 4.55 Å². The van der Waals surface area contributed by atoms with Crippen LogP contribution in [0.4, 0.5) is 0 Å². The minimum absolute atomic E-state index is 0.0863. The van der Waals surface area contributed by atoms with Gasteiger partial charge in [-0.2, -0.15) is 0 Å². The summed E-state index contributed by atoms with van der Waals surface area (Å²) in [5.41, 5.74) is 4.46. The van der Waals surface area contributed by atoms with Crippen molar-refractivity contribution in [3.8, 4) is 0 Å². The molecule has 1 heterocycles. The zero-order valence-corrected chi connectivity index (χ0v) is 18.8. The fourth-order valence-corrected chi connectivity index (χ4v) is 5.99. The van der Waals surface area contributed by atoms with E-state index in [-0.39, 0.29) is 16.2 Å². The van der Waals surface area contributed by atoms with Crippen LogP contribution in [0.15, 0.2) is 54.6 Å². The van der Waals surface area contributed by atoms with Crippen LogP contribution in [0.1, 0.15) is 56.7 Å². The first-order chi connectivity index (χ1) is 13.9. The van der Waals surface area contributed by atoms with Crippen LogP contribution in [0.25, 0.3) is 0 Å². The van der Waals surface area contributed by atoms with Crippen molar-refractivity contribution < 1.29 is 4.55 Å². The van der Waals surface area contributed by atoms with Gasteiger partial charge in [0, 0.05) is 23.3 Å². The van der Waals surface area contributed by atoms with Crippen LogP contribution in [0.3, 0.4) is 0 Å². The molecule has 0 bridgehead atoms. The lowest BCUT2D eigenvalue weighted by atomic mass is 9.62. The Kier molecular flexibility index (Phi) is 6.08. The predicted octanol–water partition coefficient (Wildman–Crippen LogP) is 4.59. The van der Waals surface area contributed by atoms with Gasteiger partial charge in [0.1, 0.15) is 4.75 Å².